The number of alkyl halides is 3. The minimum absolute atomic E-state index is 0.0174. The lowest BCUT2D eigenvalue weighted by Gasteiger charge is -2.23. The molecule has 0 radical (unpaired) electrons. The summed E-state index contributed by atoms with van der Waals surface area (Å²) in [4.78, 5) is 13.8. The van der Waals surface area contributed by atoms with E-state index in [0.29, 0.717) is 32.3 Å². The first-order chi connectivity index (χ1) is 9.38. The first-order valence-electron chi connectivity index (χ1n) is 5.70. The summed E-state index contributed by atoms with van der Waals surface area (Å²) in [5, 5.41) is 0. The fraction of sp³-hybridized carbons (Fsp3) is 0.700. The topological polar surface area (TPSA) is 86.4 Å². The van der Waals surface area contributed by atoms with Crippen LogP contribution in [-0.4, -0.2) is 55.5 Å². The highest BCUT2D eigenvalue weighted by atomic mass is 35.6. The molecule has 0 fully saturated rings. The van der Waals surface area contributed by atoms with Crippen molar-refractivity contribution in [2.75, 3.05) is 51.2 Å². The smallest absolute Gasteiger partial charge is 0.250 e. The molecule has 0 aromatic carbocycles. The second-order valence-corrected chi connectivity index (χ2v) is 6.07. The lowest BCUT2D eigenvalue weighted by molar-refractivity contribution is 0.189. The number of nitrogen functional groups attached to an aromatic ring is 1. The largest absolute Gasteiger partial charge is 0.383 e. The maximum Gasteiger partial charge on any atom is 0.250 e. The number of aromatic nitrogens is 3. The van der Waals surface area contributed by atoms with Crippen LogP contribution in [-0.2, 0) is 13.3 Å². The van der Waals surface area contributed by atoms with Gasteiger partial charge in [0.1, 0.15) is 0 Å². The van der Waals surface area contributed by atoms with Crippen LogP contribution in [0, 0.1) is 0 Å². The second kappa shape index (κ2) is 7.99. The van der Waals surface area contributed by atoms with Gasteiger partial charge in [0, 0.05) is 27.3 Å². The van der Waals surface area contributed by atoms with E-state index in [2.05, 4.69) is 15.0 Å². The normalized spacial score (nSPS) is 11.7. The first kappa shape index (κ1) is 17.5. The van der Waals surface area contributed by atoms with E-state index in [1.165, 1.54) is 0 Å². The number of halogens is 3. The average molecular weight is 345 g/mol. The Morgan fingerprint density at radius 3 is 2.05 bits per heavy atom. The average Bonchev–Trinajstić information content (AvgIpc) is 2.37. The number of rotatable bonds is 7. The minimum Gasteiger partial charge on any atom is -0.383 e. The van der Waals surface area contributed by atoms with Gasteiger partial charge in [0.15, 0.2) is 5.82 Å². The van der Waals surface area contributed by atoms with E-state index < -0.39 is 3.79 Å². The maximum atomic E-state index is 5.77. The van der Waals surface area contributed by atoms with Crippen LogP contribution in [0.3, 0.4) is 0 Å². The molecule has 20 heavy (non-hydrogen) atoms. The van der Waals surface area contributed by atoms with Crippen molar-refractivity contribution in [2.24, 2.45) is 0 Å². The molecule has 0 aliphatic heterocycles. The Balaban J connectivity index is 3.02. The molecule has 0 saturated carbocycles. The van der Waals surface area contributed by atoms with Crippen LogP contribution in [0.25, 0.3) is 0 Å². The fourth-order valence-corrected chi connectivity index (χ4v) is 1.62. The van der Waals surface area contributed by atoms with Crippen molar-refractivity contribution < 1.29 is 9.47 Å². The molecule has 2 N–H and O–H groups in total. The molecule has 0 saturated heterocycles. The zero-order chi connectivity index (χ0) is 15.2. The van der Waals surface area contributed by atoms with Gasteiger partial charge in [-0.3, -0.25) is 0 Å². The number of anilines is 2. The number of nitrogens with two attached hydrogens (primary N) is 1. The highest BCUT2D eigenvalue weighted by molar-refractivity contribution is 6.66. The fourth-order valence-electron chi connectivity index (χ4n) is 1.36. The van der Waals surface area contributed by atoms with Gasteiger partial charge in [-0.05, 0) is 0 Å². The van der Waals surface area contributed by atoms with Gasteiger partial charge in [-0.2, -0.15) is 15.0 Å². The van der Waals surface area contributed by atoms with Crippen LogP contribution in [0.2, 0.25) is 0 Å². The Morgan fingerprint density at radius 1 is 1.05 bits per heavy atom. The van der Waals surface area contributed by atoms with Crippen LogP contribution in [0.15, 0.2) is 0 Å². The molecule has 1 aromatic heterocycles. The monoisotopic (exact) mass is 343 g/mol. The van der Waals surface area contributed by atoms with Crippen molar-refractivity contribution in [2.45, 2.75) is 3.79 Å². The maximum absolute atomic E-state index is 5.77. The molecule has 1 aromatic rings. The van der Waals surface area contributed by atoms with Crippen molar-refractivity contribution in [1.82, 2.24) is 15.0 Å². The molecular formula is C10H16Cl3N5O2. The lowest BCUT2D eigenvalue weighted by Crippen LogP contribution is -2.33. The van der Waals surface area contributed by atoms with E-state index in [4.69, 9.17) is 50.0 Å². The second-order valence-electron chi connectivity index (χ2n) is 3.79. The van der Waals surface area contributed by atoms with Crippen LogP contribution < -0.4 is 10.6 Å². The third kappa shape index (κ3) is 5.41. The van der Waals surface area contributed by atoms with Gasteiger partial charge in [-0.15, -0.1) is 0 Å². The summed E-state index contributed by atoms with van der Waals surface area (Å²) in [5.41, 5.74) is 5.62. The van der Waals surface area contributed by atoms with E-state index >= 15 is 0 Å². The molecule has 1 heterocycles. The van der Waals surface area contributed by atoms with Gasteiger partial charge in [0.2, 0.25) is 15.7 Å². The predicted octanol–water partition coefficient (Wildman–Crippen LogP) is 1.38. The molecule has 0 aliphatic rings. The van der Waals surface area contributed by atoms with Crippen molar-refractivity contribution in [3.05, 3.63) is 5.82 Å². The van der Waals surface area contributed by atoms with Crippen LogP contribution in [0.4, 0.5) is 11.9 Å². The Kier molecular flexibility index (Phi) is 6.97. The van der Waals surface area contributed by atoms with E-state index in [-0.39, 0.29) is 11.8 Å². The summed E-state index contributed by atoms with van der Waals surface area (Å²) in [6, 6.07) is 0. The summed E-state index contributed by atoms with van der Waals surface area (Å²) in [5.74, 6) is 0.272. The quantitative estimate of drug-likeness (QED) is 0.748. The molecule has 7 nitrogen and oxygen atoms in total. The van der Waals surface area contributed by atoms with Gasteiger partial charge in [-0.1, -0.05) is 34.8 Å². The third-order valence-electron chi connectivity index (χ3n) is 2.31. The van der Waals surface area contributed by atoms with E-state index in [0.717, 1.165) is 0 Å². The molecule has 0 bridgehead atoms. The summed E-state index contributed by atoms with van der Waals surface area (Å²) in [6.45, 7) is 2.06. The van der Waals surface area contributed by atoms with Gasteiger partial charge < -0.3 is 20.1 Å². The SMILES string of the molecule is COCCN(CCOC)c1nc(N)nc(C(Cl)(Cl)Cl)n1. The molecule has 0 atom stereocenters. The number of methoxy groups -OCH3 is 2. The molecule has 0 unspecified atom stereocenters. The molecular weight excluding hydrogens is 329 g/mol. The van der Waals surface area contributed by atoms with Crippen molar-refractivity contribution in [1.29, 1.82) is 0 Å². The highest BCUT2D eigenvalue weighted by Crippen LogP contribution is 2.36. The minimum atomic E-state index is -1.76. The van der Waals surface area contributed by atoms with Crippen LogP contribution in [0.5, 0.6) is 0 Å². The van der Waals surface area contributed by atoms with Gasteiger partial charge in [0.25, 0.3) is 0 Å². The molecule has 114 valence electrons. The van der Waals surface area contributed by atoms with E-state index in [9.17, 15) is 0 Å². The molecule has 0 amide bonds. The molecule has 0 spiro atoms. The van der Waals surface area contributed by atoms with Crippen molar-refractivity contribution in [3.63, 3.8) is 0 Å². The number of hydrogen-bond acceptors (Lipinski definition) is 7. The van der Waals surface area contributed by atoms with Crippen LogP contribution >= 0.6 is 34.8 Å². The van der Waals surface area contributed by atoms with Crippen LogP contribution in [0.1, 0.15) is 5.82 Å². The lowest BCUT2D eigenvalue weighted by atomic mass is 10.5. The standard InChI is InChI=1S/C10H16Cl3N5O2/c1-19-5-3-18(4-6-20-2)9-16-7(10(11,12)13)15-8(14)17-9/h3-6H2,1-2H3,(H2,14,15,16,17). The van der Waals surface area contributed by atoms with E-state index in [1.807, 2.05) is 4.90 Å². The Hall–Kier alpha value is -0.600. The number of hydrogen-bond donors (Lipinski definition) is 1. The summed E-state index contributed by atoms with van der Waals surface area (Å²) < 4.78 is 8.31. The predicted molar refractivity (Wildman–Crippen MR) is 79.4 cm³/mol. The third-order valence-corrected chi connectivity index (χ3v) is 2.82. The number of nitrogens with zero attached hydrogens (tertiary/aromatic N) is 4. The zero-order valence-corrected chi connectivity index (χ0v) is 13.4. The summed E-state index contributed by atoms with van der Waals surface area (Å²) in [7, 11) is 3.20. The molecule has 10 heteroatoms. The Bertz CT molecular complexity index is 422. The van der Waals surface area contributed by atoms with Crippen molar-refractivity contribution in [3.8, 4) is 0 Å². The van der Waals surface area contributed by atoms with Gasteiger partial charge >= 0.3 is 0 Å². The molecule has 0 aliphatic carbocycles. The highest BCUT2D eigenvalue weighted by Gasteiger charge is 2.28. The van der Waals surface area contributed by atoms with Crippen molar-refractivity contribution >= 4 is 46.7 Å². The first-order valence-corrected chi connectivity index (χ1v) is 6.83. The summed E-state index contributed by atoms with van der Waals surface area (Å²) in [6.07, 6.45) is 0. The van der Waals surface area contributed by atoms with Gasteiger partial charge in [0.05, 0.1) is 13.2 Å². The van der Waals surface area contributed by atoms with E-state index in [1.54, 1.807) is 14.2 Å². The Morgan fingerprint density at radius 2 is 1.60 bits per heavy atom. The number of ether oxygens (including phenoxy) is 2. The molecule has 1 rings (SSSR count). The summed E-state index contributed by atoms with van der Waals surface area (Å²) >= 11 is 17.3. The Labute approximate surface area is 132 Å². The zero-order valence-electron chi connectivity index (χ0n) is 11.1. The van der Waals surface area contributed by atoms with Gasteiger partial charge in [-0.25, -0.2) is 0 Å².